The van der Waals surface area contributed by atoms with E-state index in [2.05, 4.69) is 45.0 Å². The summed E-state index contributed by atoms with van der Waals surface area (Å²) < 4.78 is 5.79. The number of thiophene rings is 1. The van der Waals surface area contributed by atoms with Crippen LogP contribution in [0, 0.1) is 0 Å². The summed E-state index contributed by atoms with van der Waals surface area (Å²) in [6.45, 7) is 7.95. The van der Waals surface area contributed by atoms with Crippen LogP contribution in [0.1, 0.15) is 12.6 Å². The first-order chi connectivity index (χ1) is 10.3. The monoisotopic (exact) mass is 323 g/mol. The second kappa shape index (κ2) is 7.47. The van der Waals surface area contributed by atoms with Crippen molar-refractivity contribution in [3.63, 3.8) is 0 Å². The smallest absolute Gasteiger partial charge is 0.133 e. The van der Waals surface area contributed by atoms with Gasteiger partial charge in [0, 0.05) is 31.6 Å². The quantitative estimate of drug-likeness (QED) is 0.887. The van der Waals surface area contributed by atoms with Crippen LogP contribution < -0.4 is 5.32 Å². The normalized spacial score (nSPS) is 20.0. The Morgan fingerprint density at radius 3 is 3.24 bits per heavy atom. The van der Waals surface area contributed by atoms with E-state index in [1.54, 1.807) is 22.7 Å². The minimum atomic E-state index is 0.300. The van der Waals surface area contributed by atoms with E-state index >= 15 is 0 Å². The third kappa shape index (κ3) is 4.11. The number of aromatic nitrogens is 1. The average molecular weight is 323 g/mol. The van der Waals surface area contributed by atoms with Crippen LogP contribution in [-0.4, -0.2) is 48.8 Å². The molecule has 1 aliphatic heterocycles. The lowest BCUT2D eigenvalue weighted by Gasteiger charge is -2.32. The number of likely N-dealkylation sites (N-methyl/N-ethyl adjacent to an activating group) is 1. The first-order valence-electron chi connectivity index (χ1n) is 7.38. The second-order valence-corrected chi connectivity index (χ2v) is 6.94. The van der Waals surface area contributed by atoms with Gasteiger partial charge in [0.15, 0.2) is 0 Å². The van der Waals surface area contributed by atoms with Crippen molar-refractivity contribution in [1.82, 2.24) is 15.2 Å². The summed E-state index contributed by atoms with van der Waals surface area (Å²) in [6, 6.07) is 4.19. The van der Waals surface area contributed by atoms with E-state index in [0.717, 1.165) is 50.0 Å². The minimum absolute atomic E-state index is 0.300. The molecule has 2 aromatic rings. The summed E-state index contributed by atoms with van der Waals surface area (Å²) >= 11 is 3.46. The van der Waals surface area contributed by atoms with E-state index in [4.69, 9.17) is 4.74 Å². The van der Waals surface area contributed by atoms with Crippen molar-refractivity contribution in [2.75, 3.05) is 32.8 Å². The van der Waals surface area contributed by atoms with Crippen molar-refractivity contribution in [3.8, 4) is 9.88 Å². The predicted octanol–water partition coefficient (Wildman–Crippen LogP) is 2.68. The molecule has 0 aromatic carbocycles. The lowest BCUT2D eigenvalue weighted by atomic mass is 10.2. The number of rotatable bonds is 6. The fourth-order valence-electron chi connectivity index (χ4n) is 2.45. The molecule has 1 aliphatic rings. The molecule has 0 aliphatic carbocycles. The van der Waals surface area contributed by atoms with Gasteiger partial charge in [-0.1, -0.05) is 13.0 Å². The van der Waals surface area contributed by atoms with Gasteiger partial charge in [-0.05, 0) is 18.0 Å². The van der Waals surface area contributed by atoms with Gasteiger partial charge in [-0.3, -0.25) is 4.90 Å². The zero-order valence-electron chi connectivity index (χ0n) is 12.2. The Kier molecular flexibility index (Phi) is 5.38. The van der Waals surface area contributed by atoms with E-state index in [0.29, 0.717) is 6.10 Å². The number of morpholine rings is 1. The molecule has 1 saturated heterocycles. The molecule has 1 fully saturated rings. The van der Waals surface area contributed by atoms with E-state index in [-0.39, 0.29) is 0 Å². The number of nitrogens with one attached hydrogen (secondary N) is 1. The summed E-state index contributed by atoms with van der Waals surface area (Å²) in [6.07, 6.45) is 0.300. The molecule has 0 saturated carbocycles. The van der Waals surface area contributed by atoms with Gasteiger partial charge in [0.1, 0.15) is 5.01 Å². The molecule has 2 aromatic heterocycles. The van der Waals surface area contributed by atoms with Crippen molar-refractivity contribution < 1.29 is 4.74 Å². The Labute approximate surface area is 133 Å². The summed E-state index contributed by atoms with van der Waals surface area (Å²) in [5, 5.41) is 8.82. The molecule has 0 bridgehead atoms. The van der Waals surface area contributed by atoms with Crippen molar-refractivity contribution in [1.29, 1.82) is 0 Å². The lowest BCUT2D eigenvalue weighted by molar-refractivity contribution is -0.0254. The van der Waals surface area contributed by atoms with Crippen molar-refractivity contribution >= 4 is 22.7 Å². The maximum absolute atomic E-state index is 5.79. The maximum atomic E-state index is 5.79. The highest BCUT2D eigenvalue weighted by molar-refractivity contribution is 7.20. The van der Waals surface area contributed by atoms with E-state index in [1.807, 2.05) is 0 Å². The van der Waals surface area contributed by atoms with Crippen LogP contribution in [0.3, 0.4) is 0 Å². The lowest BCUT2D eigenvalue weighted by Crippen LogP contribution is -2.46. The predicted molar refractivity (Wildman–Crippen MR) is 89.0 cm³/mol. The fourth-order valence-corrected chi connectivity index (χ4v) is 4.09. The molecule has 1 N–H and O–H groups in total. The number of hydrogen-bond acceptors (Lipinski definition) is 6. The molecule has 0 amide bonds. The van der Waals surface area contributed by atoms with E-state index < -0.39 is 0 Å². The SMILES string of the molecule is CCN1CCO[C@@H](CNCc2csc(-c3cccs3)n2)C1. The average Bonchev–Trinajstić information content (AvgIpc) is 3.18. The van der Waals surface area contributed by atoms with Gasteiger partial charge in [-0.25, -0.2) is 4.98 Å². The van der Waals surface area contributed by atoms with Gasteiger partial charge in [0.25, 0.3) is 0 Å². The molecule has 6 heteroatoms. The Morgan fingerprint density at radius 1 is 1.48 bits per heavy atom. The Balaban J connectivity index is 1.45. The number of ether oxygens (including phenoxy) is 1. The molecule has 1 atom stereocenters. The third-order valence-corrected chi connectivity index (χ3v) is 5.56. The van der Waals surface area contributed by atoms with Crippen LogP contribution in [0.2, 0.25) is 0 Å². The molecular formula is C15H21N3OS2. The first kappa shape index (κ1) is 15.1. The zero-order chi connectivity index (χ0) is 14.5. The van der Waals surface area contributed by atoms with Gasteiger partial charge >= 0.3 is 0 Å². The molecule has 3 rings (SSSR count). The minimum Gasteiger partial charge on any atom is -0.374 e. The Morgan fingerprint density at radius 2 is 2.43 bits per heavy atom. The molecule has 21 heavy (non-hydrogen) atoms. The second-order valence-electron chi connectivity index (χ2n) is 5.14. The van der Waals surface area contributed by atoms with Gasteiger partial charge in [0.2, 0.25) is 0 Å². The third-order valence-electron chi connectivity index (χ3n) is 3.63. The largest absolute Gasteiger partial charge is 0.374 e. The summed E-state index contributed by atoms with van der Waals surface area (Å²) in [7, 11) is 0. The summed E-state index contributed by atoms with van der Waals surface area (Å²) in [5.41, 5.74) is 1.12. The maximum Gasteiger partial charge on any atom is 0.133 e. The highest BCUT2D eigenvalue weighted by Gasteiger charge is 2.18. The molecule has 0 spiro atoms. The molecular weight excluding hydrogens is 302 g/mol. The molecule has 3 heterocycles. The standard InChI is InChI=1S/C15H21N3OS2/c1-2-18-5-6-19-13(10-18)9-16-8-12-11-21-15(17-12)14-4-3-7-20-14/h3-4,7,11,13,16H,2,5-6,8-10H2,1H3/t13-/m0/s1. The number of hydrogen-bond donors (Lipinski definition) is 1. The van der Waals surface area contributed by atoms with Crippen LogP contribution >= 0.6 is 22.7 Å². The number of thiazole rings is 1. The van der Waals surface area contributed by atoms with Gasteiger partial charge in [-0.15, -0.1) is 22.7 Å². The first-order valence-corrected chi connectivity index (χ1v) is 9.14. The summed E-state index contributed by atoms with van der Waals surface area (Å²) in [5.74, 6) is 0. The van der Waals surface area contributed by atoms with Crippen molar-refractivity contribution in [2.24, 2.45) is 0 Å². The van der Waals surface area contributed by atoms with Crippen LogP contribution in [-0.2, 0) is 11.3 Å². The zero-order valence-corrected chi connectivity index (χ0v) is 13.9. The van der Waals surface area contributed by atoms with E-state index in [1.165, 1.54) is 4.88 Å². The highest BCUT2D eigenvalue weighted by atomic mass is 32.1. The van der Waals surface area contributed by atoms with Gasteiger partial charge in [-0.2, -0.15) is 0 Å². The van der Waals surface area contributed by atoms with Crippen LogP contribution in [0.15, 0.2) is 22.9 Å². The van der Waals surface area contributed by atoms with Crippen molar-refractivity contribution in [2.45, 2.75) is 19.6 Å². The van der Waals surface area contributed by atoms with Crippen molar-refractivity contribution in [3.05, 3.63) is 28.6 Å². The van der Waals surface area contributed by atoms with E-state index in [9.17, 15) is 0 Å². The van der Waals surface area contributed by atoms with Gasteiger partial charge in [0.05, 0.1) is 23.3 Å². The Bertz CT molecular complexity index is 541. The highest BCUT2D eigenvalue weighted by Crippen LogP contribution is 2.27. The van der Waals surface area contributed by atoms with Gasteiger partial charge < -0.3 is 10.1 Å². The van der Waals surface area contributed by atoms with Crippen LogP contribution in [0.25, 0.3) is 9.88 Å². The van der Waals surface area contributed by atoms with Crippen LogP contribution in [0.5, 0.6) is 0 Å². The Hall–Kier alpha value is -0.790. The molecule has 0 radical (unpaired) electrons. The molecule has 114 valence electrons. The van der Waals surface area contributed by atoms with Crippen LogP contribution in [0.4, 0.5) is 0 Å². The topological polar surface area (TPSA) is 37.4 Å². The summed E-state index contributed by atoms with van der Waals surface area (Å²) in [4.78, 5) is 8.37. The number of nitrogens with zero attached hydrogens (tertiary/aromatic N) is 2. The molecule has 4 nitrogen and oxygen atoms in total. The molecule has 0 unspecified atom stereocenters. The fraction of sp³-hybridized carbons (Fsp3) is 0.533.